The summed E-state index contributed by atoms with van der Waals surface area (Å²) >= 11 is 0. The number of anilines is 1. The van der Waals surface area contributed by atoms with Crippen molar-refractivity contribution in [1.29, 1.82) is 0 Å². The highest BCUT2D eigenvalue weighted by molar-refractivity contribution is 6.04. The number of nitrogens with one attached hydrogen (secondary N) is 1. The summed E-state index contributed by atoms with van der Waals surface area (Å²) in [5.41, 5.74) is 1.16. The fraction of sp³-hybridized carbons (Fsp3) is 0.350. The van der Waals surface area contributed by atoms with Gasteiger partial charge in [0, 0.05) is 18.4 Å². The molecular formula is C20H25NO5. The lowest BCUT2D eigenvalue weighted by Crippen LogP contribution is -2.13. The molecule has 0 unspecified atom stereocenters. The Balaban J connectivity index is 2.02. The second kappa shape index (κ2) is 9.68. The first kappa shape index (κ1) is 19.6. The molecule has 1 amide bonds. The van der Waals surface area contributed by atoms with Gasteiger partial charge in [-0.25, -0.2) is 0 Å². The van der Waals surface area contributed by atoms with Crippen molar-refractivity contribution in [2.75, 3.05) is 32.8 Å². The highest BCUT2D eigenvalue weighted by Crippen LogP contribution is 2.29. The largest absolute Gasteiger partial charge is 0.493 e. The quantitative estimate of drug-likeness (QED) is 0.691. The molecule has 0 aliphatic rings. The minimum Gasteiger partial charge on any atom is -0.493 e. The molecule has 0 bridgehead atoms. The van der Waals surface area contributed by atoms with Crippen molar-refractivity contribution < 1.29 is 23.7 Å². The van der Waals surface area contributed by atoms with Crippen LogP contribution < -0.4 is 19.5 Å². The molecule has 1 N–H and O–H groups in total. The minimum atomic E-state index is -0.229. The maximum Gasteiger partial charge on any atom is 0.255 e. The Morgan fingerprint density at radius 3 is 2.35 bits per heavy atom. The summed E-state index contributed by atoms with van der Waals surface area (Å²) < 4.78 is 21.4. The first-order valence-corrected chi connectivity index (χ1v) is 8.41. The highest BCUT2D eigenvalue weighted by Gasteiger charge is 2.12. The first-order chi connectivity index (χ1) is 12.5. The molecule has 0 aromatic heterocycles. The molecule has 0 aliphatic carbocycles. The summed E-state index contributed by atoms with van der Waals surface area (Å²) in [6.45, 7) is 4.87. The second-order valence-electron chi connectivity index (χ2n) is 5.85. The molecule has 6 heteroatoms. The Morgan fingerprint density at radius 2 is 1.73 bits per heavy atom. The molecule has 2 aromatic carbocycles. The number of hydrogen-bond acceptors (Lipinski definition) is 5. The summed E-state index contributed by atoms with van der Waals surface area (Å²) in [6.07, 6.45) is 0.0215. The summed E-state index contributed by atoms with van der Waals surface area (Å²) in [5, 5.41) is 2.85. The number of benzene rings is 2. The van der Waals surface area contributed by atoms with Crippen LogP contribution in [0, 0.1) is 0 Å². The lowest BCUT2D eigenvalue weighted by atomic mass is 10.1. The van der Waals surface area contributed by atoms with Gasteiger partial charge in [0.15, 0.2) is 11.5 Å². The van der Waals surface area contributed by atoms with E-state index >= 15 is 0 Å². The summed E-state index contributed by atoms with van der Waals surface area (Å²) in [6, 6.07) is 12.3. The van der Waals surface area contributed by atoms with E-state index in [9.17, 15) is 4.79 Å². The summed E-state index contributed by atoms with van der Waals surface area (Å²) in [4.78, 5) is 12.5. The molecule has 0 atom stereocenters. The maximum absolute atomic E-state index is 12.5. The van der Waals surface area contributed by atoms with Crippen molar-refractivity contribution in [2.24, 2.45) is 0 Å². The van der Waals surface area contributed by atoms with Crippen molar-refractivity contribution >= 4 is 11.6 Å². The van der Waals surface area contributed by atoms with Gasteiger partial charge in [0.1, 0.15) is 12.4 Å². The van der Waals surface area contributed by atoms with Gasteiger partial charge in [0.05, 0.1) is 19.8 Å². The molecular weight excluding hydrogens is 334 g/mol. The van der Waals surface area contributed by atoms with E-state index < -0.39 is 0 Å². The average molecular weight is 359 g/mol. The highest BCUT2D eigenvalue weighted by atomic mass is 16.5. The number of ether oxygens (including phenoxy) is 4. The molecule has 0 aliphatic heterocycles. The monoisotopic (exact) mass is 359 g/mol. The van der Waals surface area contributed by atoms with Crippen molar-refractivity contribution in [2.45, 2.75) is 20.0 Å². The van der Waals surface area contributed by atoms with Crippen LogP contribution in [0.15, 0.2) is 42.5 Å². The van der Waals surface area contributed by atoms with E-state index in [1.165, 1.54) is 0 Å². The van der Waals surface area contributed by atoms with Gasteiger partial charge in [-0.2, -0.15) is 0 Å². The predicted octanol–water partition coefficient (Wildman–Crippen LogP) is 3.76. The van der Waals surface area contributed by atoms with E-state index in [-0.39, 0.29) is 12.0 Å². The van der Waals surface area contributed by atoms with Crippen LogP contribution in [0.5, 0.6) is 17.2 Å². The van der Waals surface area contributed by atoms with Gasteiger partial charge in [-0.05, 0) is 56.3 Å². The molecule has 2 rings (SSSR count). The van der Waals surface area contributed by atoms with E-state index in [1.807, 2.05) is 13.8 Å². The molecule has 0 radical (unpaired) electrons. The zero-order valence-corrected chi connectivity index (χ0v) is 15.6. The van der Waals surface area contributed by atoms with Gasteiger partial charge >= 0.3 is 0 Å². The summed E-state index contributed by atoms with van der Waals surface area (Å²) in [7, 11) is 3.17. The molecule has 0 heterocycles. The normalized spacial score (nSPS) is 10.5. The van der Waals surface area contributed by atoms with Crippen LogP contribution in [-0.2, 0) is 4.74 Å². The molecule has 140 valence electrons. The van der Waals surface area contributed by atoms with E-state index in [1.54, 1.807) is 56.7 Å². The third kappa shape index (κ3) is 5.67. The van der Waals surface area contributed by atoms with Crippen LogP contribution in [-0.4, -0.2) is 39.4 Å². The molecule has 0 spiro atoms. The van der Waals surface area contributed by atoms with Gasteiger partial charge in [0.25, 0.3) is 5.91 Å². The Labute approximate surface area is 154 Å². The van der Waals surface area contributed by atoms with Gasteiger partial charge in [-0.15, -0.1) is 0 Å². The van der Waals surface area contributed by atoms with Gasteiger partial charge in [-0.3, -0.25) is 4.79 Å². The lowest BCUT2D eigenvalue weighted by Gasteiger charge is -2.14. The maximum atomic E-state index is 12.5. The van der Waals surface area contributed by atoms with Crippen LogP contribution in [0.3, 0.4) is 0 Å². The third-order valence-electron chi connectivity index (χ3n) is 3.46. The average Bonchev–Trinajstić information content (AvgIpc) is 2.63. The van der Waals surface area contributed by atoms with Crippen LogP contribution in [0.1, 0.15) is 24.2 Å². The van der Waals surface area contributed by atoms with Crippen molar-refractivity contribution in [1.82, 2.24) is 0 Å². The number of hydrogen-bond donors (Lipinski definition) is 1. The zero-order chi connectivity index (χ0) is 18.9. The van der Waals surface area contributed by atoms with Crippen LogP contribution in [0.25, 0.3) is 0 Å². The summed E-state index contributed by atoms with van der Waals surface area (Å²) in [5.74, 6) is 1.62. The third-order valence-corrected chi connectivity index (χ3v) is 3.46. The molecule has 6 nitrogen and oxygen atoms in total. The van der Waals surface area contributed by atoms with Gasteiger partial charge in [-0.1, -0.05) is 0 Å². The van der Waals surface area contributed by atoms with Crippen molar-refractivity contribution in [3.05, 3.63) is 48.0 Å². The smallest absolute Gasteiger partial charge is 0.255 e. The molecule has 2 aromatic rings. The Morgan fingerprint density at radius 1 is 1.00 bits per heavy atom. The SMILES string of the molecule is COCCOc1ccc(NC(=O)c2ccc(OC(C)C)c(OC)c2)cc1. The molecule has 0 fully saturated rings. The van der Waals surface area contributed by atoms with Crippen LogP contribution in [0.2, 0.25) is 0 Å². The van der Waals surface area contributed by atoms with E-state index in [0.29, 0.717) is 36.0 Å². The number of carbonyl (C=O) groups excluding carboxylic acids is 1. The first-order valence-electron chi connectivity index (χ1n) is 8.41. The van der Waals surface area contributed by atoms with E-state index in [4.69, 9.17) is 18.9 Å². The number of methoxy groups -OCH3 is 2. The van der Waals surface area contributed by atoms with Gasteiger partial charge < -0.3 is 24.3 Å². The number of carbonyl (C=O) groups is 1. The van der Waals surface area contributed by atoms with Gasteiger partial charge in [0.2, 0.25) is 0 Å². The zero-order valence-electron chi connectivity index (χ0n) is 15.6. The molecule has 0 saturated heterocycles. The number of rotatable bonds is 9. The molecule has 0 saturated carbocycles. The number of amides is 1. The minimum absolute atomic E-state index is 0.0215. The fourth-order valence-corrected chi connectivity index (χ4v) is 2.24. The van der Waals surface area contributed by atoms with Crippen LogP contribution in [0.4, 0.5) is 5.69 Å². The van der Waals surface area contributed by atoms with E-state index in [0.717, 1.165) is 5.75 Å². The molecule has 26 heavy (non-hydrogen) atoms. The van der Waals surface area contributed by atoms with Crippen LogP contribution >= 0.6 is 0 Å². The lowest BCUT2D eigenvalue weighted by molar-refractivity contribution is 0.102. The Kier molecular flexibility index (Phi) is 7.29. The fourth-order valence-electron chi connectivity index (χ4n) is 2.24. The van der Waals surface area contributed by atoms with E-state index in [2.05, 4.69) is 5.32 Å². The predicted molar refractivity (Wildman–Crippen MR) is 101 cm³/mol. The Bertz CT molecular complexity index is 713. The van der Waals surface area contributed by atoms with Crippen molar-refractivity contribution in [3.8, 4) is 17.2 Å². The Hall–Kier alpha value is -2.73. The van der Waals surface area contributed by atoms with Crippen molar-refractivity contribution in [3.63, 3.8) is 0 Å². The standard InChI is InChI=1S/C20H25NO5/c1-14(2)26-18-10-5-15(13-19(18)24-4)20(22)21-16-6-8-17(9-7-16)25-12-11-23-3/h5-10,13-14H,11-12H2,1-4H3,(H,21,22). The topological polar surface area (TPSA) is 66.0 Å². The second-order valence-corrected chi connectivity index (χ2v) is 5.85.